The number of hydrogen-bond acceptors (Lipinski definition) is 3. The lowest BCUT2D eigenvalue weighted by molar-refractivity contribution is 0.00142. The van der Waals surface area contributed by atoms with E-state index in [1.54, 1.807) is 0 Å². The zero-order chi connectivity index (χ0) is 11.6. The summed E-state index contributed by atoms with van der Waals surface area (Å²) >= 11 is 0. The molecule has 0 radical (unpaired) electrons. The third-order valence-corrected chi connectivity index (χ3v) is 4.51. The summed E-state index contributed by atoms with van der Waals surface area (Å²) in [5.74, 6) is 0.826. The normalized spacial score (nSPS) is 31.7. The molecule has 2 N–H and O–H groups in total. The van der Waals surface area contributed by atoms with Crippen LogP contribution in [0.15, 0.2) is 0 Å². The summed E-state index contributed by atoms with van der Waals surface area (Å²) in [6, 6.07) is 0.687. The first-order valence-electron chi connectivity index (χ1n) is 6.85. The first-order chi connectivity index (χ1) is 7.67. The Bertz CT molecular complexity index is 214. The number of nitrogens with zero attached hydrogens (tertiary/aromatic N) is 1. The third kappa shape index (κ3) is 2.58. The van der Waals surface area contributed by atoms with Gasteiger partial charge in [-0.2, -0.15) is 0 Å². The standard InChI is InChI=1S/C13H26N2O/c1-3-13(16,4-2)10-15-8-11-6-5-7-14-12(11)9-15/h11-12,14,16H,3-10H2,1-2H3. The molecule has 0 amide bonds. The summed E-state index contributed by atoms with van der Waals surface area (Å²) in [6.45, 7) is 8.53. The molecule has 0 aromatic carbocycles. The van der Waals surface area contributed by atoms with Gasteiger partial charge in [-0.15, -0.1) is 0 Å². The van der Waals surface area contributed by atoms with Gasteiger partial charge in [-0.25, -0.2) is 0 Å². The van der Waals surface area contributed by atoms with Crippen molar-refractivity contribution in [1.82, 2.24) is 10.2 Å². The van der Waals surface area contributed by atoms with Gasteiger partial charge in [0.25, 0.3) is 0 Å². The smallest absolute Gasteiger partial charge is 0.0768 e. The fourth-order valence-electron chi connectivity index (χ4n) is 3.15. The predicted octanol–water partition coefficient (Wildman–Crippen LogP) is 1.22. The van der Waals surface area contributed by atoms with Crippen LogP contribution in [-0.4, -0.2) is 47.8 Å². The Morgan fingerprint density at radius 3 is 2.69 bits per heavy atom. The molecule has 3 heteroatoms. The molecule has 2 unspecified atom stereocenters. The molecule has 0 aromatic heterocycles. The number of fused-ring (bicyclic) bond motifs is 1. The van der Waals surface area contributed by atoms with Crippen LogP contribution in [0.3, 0.4) is 0 Å². The Hall–Kier alpha value is -0.120. The molecule has 2 fully saturated rings. The van der Waals surface area contributed by atoms with E-state index in [1.165, 1.54) is 25.9 Å². The molecule has 2 saturated heterocycles. The van der Waals surface area contributed by atoms with Crippen molar-refractivity contribution in [2.45, 2.75) is 51.2 Å². The highest BCUT2D eigenvalue weighted by molar-refractivity contribution is 4.94. The number of likely N-dealkylation sites (tertiary alicyclic amines) is 1. The SMILES string of the molecule is CCC(O)(CC)CN1CC2CCCNC2C1. The minimum Gasteiger partial charge on any atom is -0.389 e. The number of nitrogens with one attached hydrogen (secondary N) is 1. The van der Waals surface area contributed by atoms with Crippen LogP contribution in [-0.2, 0) is 0 Å². The molecule has 2 heterocycles. The van der Waals surface area contributed by atoms with Gasteiger partial charge < -0.3 is 10.4 Å². The maximum Gasteiger partial charge on any atom is 0.0768 e. The quantitative estimate of drug-likeness (QED) is 0.756. The number of β-amino-alcohol motifs (C(OH)–C–C–N with tert-alkyl or cyclic N) is 1. The minimum atomic E-state index is -0.465. The average Bonchev–Trinajstić information content (AvgIpc) is 2.70. The van der Waals surface area contributed by atoms with Gasteiger partial charge in [0.05, 0.1) is 5.60 Å². The fraction of sp³-hybridized carbons (Fsp3) is 1.00. The molecule has 0 saturated carbocycles. The average molecular weight is 226 g/mol. The summed E-state index contributed by atoms with van der Waals surface area (Å²) in [6.07, 6.45) is 4.41. The van der Waals surface area contributed by atoms with E-state index < -0.39 is 5.60 Å². The molecule has 2 aliphatic heterocycles. The van der Waals surface area contributed by atoms with E-state index in [0.29, 0.717) is 6.04 Å². The van der Waals surface area contributed by atoms with Crippen molar-refractivity contribution in [3.05, 3.63) is 0 Å². The molecule has 0 aromatic rings. The van der Waals surface area contributed by atoms with Gasteiger partial charge in [0.1, 0.15) is 0 Å². The molecule has 94 valence electrons. The van der Waals surface area contributed by atoms with E-state index in [0.717, 1.165) is 31.8 Å². The molecule has 2 aliphatic rings. The van der Waals surface area contributed by atoms with Crippen LogP contribution in [0.25, 0.3) is 0 Å². The van der Waals surface area contributed by atoms with Crippen LogP contribution in [0.1, 0.15) is 39.5 Å². The first kappa shape index (κ1) is 12.3. The number of hydrogen-bond donors (Lipinski definition) is 2. The Labute approximate surface area is 99.2 Å². The highest BCUT2D eigenvalue weighted by Crippen LogP contribution is 2.27. The third-order valence-electron chi connectivity index (χ3n) is 4.51. The van der Waals surface area contributed by atoms with E-state index in [1.807, 2.05) is 0 Å². The van der Waals surface area contributed by atoms with E-state index in [9.17, 15) is 5.11 Å². The molecular formula is C13H26N2O. The summed E-state index contributed by atoms with van der Waals surface area (Å²) in [5.41, 5.74) is -0.465. The van der Waals surface area contributed by atoms with Gasteiger partial charge in [0, 0.05) is 25.7 Å². The van der Waals surface area contributed by atoms with Crippen LogP contribution in [0.4, 0.5) is 0 Å². The van der Waals surface area contributed by atoms with Crippen molar-refractivity contribution in [3.63, 3.8) is 0 Å². The van der Waals surface area contributed by atoms with Crippen molar-refractivity contribution >= 4 is 0 Å². The highest BCUT2D eigenvalue weighted by atomic mass is 16.3. The molecule has 0 spiro atoms. The van der Waals surface area contributed by atoms with E-state index in [4.69, 9.17) is 0 Å². The first-order valence-corrected chi connectivity index (χ1v) is 6.85. The Balaban J connectivity index is 1.88. The number of rotatable bonds is 4. The molecule has 2 atom stereocenters. The van der Waals surface area contributed by atoms with Crippen LogP contribution in [0.2, 0.25) is 0 Å². The zero-order valence-electron chi connectivity index (χ0n) is 10.7. The van der Waals surface area contributed by atoms with Gasteiger partial charge in [-0.3, -0.25) is 4.90 Å². The summed E-state index contributed by atoms with van der Waals surface area (Å²) in [7, 11) is 0. The van der Waals surface area contributed by atoms with Crippen LogP contribution >= 0.6 is 0 Å². The zero-order valence-corrected chi connectivity index (χ0v) is 10.7. The molecule has 0 bridgehead atoms. The van der Waals surface area contributed by atoms with Crippen LogP contribution in [0, 0.1) is 5.92 Å². The monoisotopic (exact) mass is 226 g/mol. The molecular weight excluding hydrogens is 200 g/mol. The Kier molecular flexibility index (Phi) is 3.88. The van der Waals surface area contributed by atoms with E-state index in [-0.39, 0.29) is 0 Å². The van der Waals surface area contributed by atoms with Crippen molar-refractivity contribution in [2.75, 3.05) is 26.2 Å². The predicted molar refractivity (Wildman–Crippen MR) is 66.5 cm³/mol. The van der Waals surface area contributed by atoms with Crippen molar-refractivity contribution in [2.24, 2.45) is 5.92 Å². The van der Waals surface area contributed by atoms with Gasteiger partial charge in [0.15, 0.2) is 0 Å². The minimum absolute atomic E-state index is 0.465. The highest BCUT2D eigenvalue weighted by Gasteiger charge is 2.37. The number of aliphatic hydroxyl groups is 1. The second-order valence-corrected chi connectivity index (χ2v) is 5.59. The topological polar surface area (TPSA) is 35.5 Å². The van der Waals surface area contributed by atoms with Gasteiger partial charge >= 0.3 is 0 Å². The van der Waals surface area contributed by atoms with Gasteiger partial charge in [0.2, 0.25) is 0 Å². The van der Waals surface area contributed by atoms with Crippen molar-refractivity contribution in [3.8, 4) is 0 Å². The van der Waals surface area contributed by atoms with E-state index in [2.05, 4.69) is 24.1 Å². The second-order valence-electron chi connectivity index (χ2n) is 5.59. The van der Waals surface area contributed by atoms with Gasteiger partial charge in [-0.05, 0) is 38.1 Å². The maximum absolute atomic E-state index is 10.4. The van der Waals surface area contributed by atoms with Crippen molar-refractivity contribution < 1.29 is 5.11 Å². The molecule has 16 heavy (non-hydrogen) atoms. The Morgan fingerprint density at radius 2 is 2.06 bits per heavy atom. The summed E-state index contributed by atoms with van der Waals surface area (Å²) in [5, 5.41) is 14.0. The maximum atomic E-state index is 10.4. The second kappa shape index (κ2) is 5.03. The lowest BCUT2D eigenvalue weighted by atomic mass is 9.94. The summed E-state index contributed by atoms with van der Waals surface area (Å²) in [4.78, 5) is 2.46. The largest absolute Gasteiger partial charge is 0.389 e. The molecule has 0 aliphatic carbocycles. The molecule has 3 nitrogen and oxygen atoms in total. The van der Waals surface area contributed by atoms with Crippen LogP contribution in [0.5, 0.6) is 0 Å². The van der Waals surface area contributed by atoms with Crippen molar-refractivity contribution in [1.29, 1.82) is 0 Å². The molecule has 2 rings (SSSR count). The lowest BCUT2D eigenvalue weighted by Gasteiger charge is -2.30. The van der Waals surface area contributed by atoms with Crippen LogP contribution < -0.4 is 5.32 Å². The van der Waals surface area contributed by atoms with E-state index >= 15 is 0 Å². The number of piperidine rings is 1. The summed E-state index contributed by atoms with van der Waals surface area (Å²) < 4.78 is 0. The van der Waals surface area contributed by atoms with Gasteiger partial charge in [-0.1, -0.05) is 13.8 Å². The lowest BCUT2D eigenvalue weighted by Crippen LogP contribution is -2.43. The Morgan fingerprint density at radius 1 is 1.31 bits per heavy atom. The fourth-order valence-corrected chi connectivity index (χ4v) is 3.15.